The van der Waals surface area contributed by atoms with E-state index in [-0.39, 0.29) is 6.04 Å². The summed E-state index contributed by atoms with van der Waals surface area (Å²) in [6, 6.07) is 11.1. The predicted octanol–water partition coefficient (Wildman–Crippen LogP) is 5.85. The van der Waals surface area contributed by atoms with E-state index in [0.717, 1.165) is 29.8 Å². The van der Waals surface area contributed by atoms with Gasteiger partial charge in [0.15, 0.2) is 0 Å². The molecule has 1 aromatic heterocycles. The molecule has 164 valence electrons. The Morgan fingerprint density at radius 2 is 1.74 bits per heavy atom. The second-order valence-electron chi connectivity index (χ2n) is 8.69. The fourth-order valence-corrected chi connectivity index (χ4v) is 3.97. The van der Waals surface area contributed by atoms with Crippen LogP contribution in [0.25, 0.3) is 11.5 Å². The van der Waals surface area contributed by atoms with E-state index in [0.29, 0.717) is 29.5 Å². The van der Waals surface area contributed by atoms with Gasteiger partial charge in [0.05, 0.1) is 23.4 Å². The SMILES string of the molecule is Cc1nc(-c2ccc(C(F)(F)F)cc2)oc1CN1c2ccc(C(C)(C)O)cc2CC1C. The summed E-state index contributed by atoms with van der Waals surface area (Å²) in [5, 5.41) is 10.3. The number of alkyl halides is 3. The molecule has 0 fully saturated rings. The highest BCUT2D eigenvalue weighted by molar-refractivity contribution is 5.61. The summed E-state index contributed by atoms with van der Waals surface area (Å²) >= 11 is 0. The van der Waals surface area contributed by atoms with Gasteiger partial charge in [0.2, 0.25) is 5.89 Å². The van der Waals surface area contributed by atoms with Gasteiger partial charge in [0.25, 0.3) is 0 Å². The zero-order valence-corrected chi connectivity index (χ0v) is 17.9. The number of rotatable bonds is 4. The van der Waals surface area contributed by atoms with Crippen LogP contribution in [0.15, 0.2) is 46.9 Å². The van der Waals surface area contributed by atoms with Crippen LogP contribution in [0.4, 0.5) is 18.9 Å². The topological polar surface area (TPSA) is 49.5 Å². The first kappa shape index (κ1) is 21.4. The number of hydrogen-bond acceptors (Lipinski definition) is 4. The van der Waals surface area contributed by atoms with Crippen LogP contribution in [0.1, 0.15) is 48.9 Å². The first-order chi connectivity index (χ1) is 14.4. The van der Waals surface area contributed by atoms with E-state index in [2.05, 4.69) is 16.8 Å². The van der Waals surface area contributed by atoms with E-state index < -0.39 is 17.3 Å². The summed E-state index contributed by atoms with van der Waals surface area (Å²) in [6.07, 6.45) is -3.52. The lowest BCUT2D eigenvalue weighted by molar-refractivity contribution is -0.137. The number of aliphatic hydroxyl groups is 1. The number of aryl methyl sites for hydroxylation is 1. The van der Waals surface area contributed by atoms with Gasteiger partial charge in [-0.3, -0.25) is 0 Å². The van der Waals surface area contributed by atoms with Crippen molar-refractivity contribution < 1.29 is 22.7 Å². The average Bonchev–Trinajstić information content (AvgIpc) is 3.20. The van der Waals surface area contributed by atoms with Crippen LogP contribution in [-0.2, 0) is 24.7 Å². The molecule has 1 unspecified atom stereocenters. The molecule has 1 N–H and O–H groups in total. The van der Waals surface area contributed by atoms with Crippen LogP contribution in [-0.4, -0.2) is 16.1 Å². The van der Waals surface area contributed by atoms with Crippen molar-refractivity contribution >= 4 is 5.69 Å². The maximum atomic E-state index is 12.8. The van der Waals surface area contributed by atoms with Crippen LogP contribution >= 0.6 is 0 Å². The van der Waals surface area contributed by atoms with E-state index >= 15 is 0 Å². The van der Waals surface area contributed by atoms with Crippen molar-refractivity contribution in [3.63, 3.8) is 0 Å². The molecule has 2 heterocycles. The molecular formula is C24H25F3N2O2. The Morgan fingerprint density at radius 3 is 2.35 bits per heavy atom. The Hall–Kier alpha value is -2.80. The Kier molecular flexibility index (Phi) is 5.12. The molecule has 4 nitrogen and oxygen atoms in total. The van der Waals surface area contributed by atoms with Crippen molar-refractivity contribution in [1.29, 1.82) is 0 Å². The number of benzene rings is 2. The molecule has 0 spiro atoms. The second kappa shape index (κ2) is 7.41. The van der Waals surface area contributed by atoms with Gasteiger partial charge in [-0.25, -0.2) is 4.98 Å². The Morgan fingerprint density at radius 1 is 1.10 bits per heavy atom. The molecule has 3 aromatic rings. The van der Waals surface area contributed by atoms with Crippen molar-refractivity contribution in [3.05, 3.63) is 70.6 Å². The van der Waals surface area contributed by atoms with Gasteiger partial charge in [-0.05, 0) is 75.6 Å². The van der Waals surface area contributed by atoms with Crippen molar-refractivity contribution in [1.82, 2.24) is 4.98 Å². The van der Waals surface area contributed by atoms with E-state index in [9.17, 15) is 18.3 Å². The molecule has 0 amide bonds. The highest BCUT2D eigenvalue weighted by Crippen LogP contribution is 2.37. The van der Waals surface area contributed by atoms with E-state index in [1.807, 2.05) is 25.1 Å². The van der Waals surface area contributed by atoms with E-state index in [1.54, 1.807) is 13.8 Å². The van der Waals surface area contributed by atoms with Crippen molar-refractivity contribution in [2.45, 2.75) is 58.5 Å². The Balaban J connectivity index is 1.58. The number of hydrogen-bond donors (Lipinski definition) is 1. The van der Waals surface area contributed by atoms with E-state index in [4.69, 9.17) is 4.42 Å². The van der Waals surface area contributed by atoms with Gasteiger partial charge in [0, 0.05) is 17.3 Å². The Labute approximate surface area is 179 Å². The number of nitrogens with zero attached hydrogens (tertiary/aromatic N) is 2. The third kappa shape index (κ3) is 4.19. The molecule has 1 aliphatic heterocycles. The van der Waals surface area contributed by atoms with Gasteiger partial charge < -0.3 is 14.4 Å². The van der Waals surface area contributed by atoms with Gasteiger partial charge in [0.1, 0.15) is 5.76 Å². The normalized spacial score (nSPS) is 16.6. The van der Waals surface area contributed by atoms with Crippen molar-refractivity contribution in [3.8, 4) is 11.5 Å². The van der Waals surface area contributed by atoms with Gasteiger partial charge >= 0.3 is 6.18 Å². The smallest absolute Gasteiger partial charge is 0.416 e. The molecule has 1 atom stereocenters. The van der Waals surface area contributed by atoms with Gasteiger partial charge in [-0.2, -0.15) is 13.2 Å². The maximum Gasteiger partial charge on any atom is 0.416 e. The summed E-state index contributed by atoms with van der Waals surface area (Å²) in [5.41, 5.74) is 2.76. The highest BCUT2D eigenvalue weighted by atomic mass is 19.4. The summed E-state index contributed by atoms with van der Waals surface area (Å²) in [5.74, 6) is 0.992. The van der Waals surface area contributed by atoms with E-state index in [1.165, 1.54) is 17.7 Å². The summed E-state index contributed by atoms with van der Waals surface area (Å²) in [7, 11) is 0. The lowest BCUT2D eigenvalue weighted by Crippen LogP contribution is -2.28. The molecule has 31 heavy (non-hydrogen) atoms. The minimum Gasteiger partial charge on any atom is -0.439 e. The molecule has 1 aliphatic rings. The molecule has 0 saturated heterocycles. The third-order valence-electron chi connectivity index (χ3n) is 5.81. The lowest BCUT2D eigenvalue weighted by Gasteiger charge is -2.24. The lowest BCUT2D eigenvalue weighted by atomic mass is 9.95. The van der Waals surface area contributed by atoms with Crippen LogP contribution in [0, 0.1) is 6.92 Å². The van der Waals surface area contributed by atoms with Crippen molar-refractivity contribution in [2.75, 3.05) is 4.90 Å². The number of oxazole rings is 1. The van der Waals surface area contributed by atoms with Crippen LogP contribution in [0.5, 0.6) is 0 Å². The second-order valence-corrected chi connectivity index (χ2v) is 8.69. The minimum absolute atomic E-state index is 0.242. The van der Waals surface area contributed by atoms with Crippen LogP contribution in [0.2, 0.25) is 0 Å². The molecular weight excluding hydrogens is 405 g/mol. The Bertz CT molecular complexity index is 1100. The minimum atomic E-state index is -4.37. The number of fused-ring (bicyclic) bond motifs is 1. The fraction of sp³-hybridized carbons (Fsp3) is 0.375. The largest absolute Gasteiger partial charge is 0.439 e. The summed E-state index contributed by atoms with van der Waals surface area (Å²) < 4.78 is 44.4. The molecule has 0 bridgehead atoms. The monoisotopic (exact) mass is 430 g/mol. The van der Waals surface area contributed by atoms with Gasteiger partial charge in [-0.15, -0.1) is 0 Å². The fourth-order valence-electron chi connectivity index (χ4n) is 3.97. The number of anilines is 1. The molecule has 2 aromatic carbocycles. The zero-order chi connectivity index (χ0) is 22.6. The van der Waals surface area contributed by atoms with Crippen LogP contribution < -0.4 is 4.90 Å². The number of aromatic nitrogens is 1. The quantitative estimate of drug-likeness (QED) is 0.564. The van der Waals surface area contributed by atoms with Crippen LogP contribution in [0.3, 0.4) is 0 Å². The zero-order valence-electron chi connectivity index (χ0n) is 17.9. The summed E-state index contributed by atoms with van der Waals surface area (Å²) in [6.45, 7) is 8.02. The maximum absolute atomic E-state index is 12.8. The first-order valence-electron chi connectivity index (χ1n) is 10.2. The molecule has 0 aliphatic carbocycles. The molecule has 7 heteroatoms. The first-order valence-corrected chi connectivity index (χ1v) is 10.2. The average molecular weight is 430 g/mol. The highest BCUT2D eigenvalue weighted by Gasteiger charge is 2.31. The predicted molar refractivity (Wildman–Crippen MR) is 113 cm³/mol. The number of halogens is 3. The standard InChI is InChI=1S/C24H25F3N2O2/c1-14-11-17-12-19(23(3,4)30)9-10-20(17)29(14)13-21-15(2)28-22(31-21)16-5-7-18(8-6-16)24(25,26)27/h5-10,12,14,30H,11,13H2,1-4H3. The molecule has 4 rings (SSSR count). The van der Waals surface area contributed by atoms with Gasteiger partial charge in [-0.1, -0.05) is 12.1 Å². The summed E-state index contributed by atoms with van der Waals surface area (Å²) in [4.78, 5) is 6.66. The molecule has 0 radical (unpaired) electrons. The third-order valence-corrected chi connectivity index (χ3v) is 5.81. The molecule has 0 saturated carbocycles. The van der Waals surface area contributed by atoms with Crippen molar-refractivity contribution in [2.24, 2.45) is 0 Å².